The van der Waals surface area contributed by atoms with Crippen molar-refractivity contribution in [1.82, 2.24) is 0 Å². The van der Waals surface area contributed by atoms with Crippen LogP contribution in [0.5, 0.6) is 5.75 Å². The summed E-state index contributed by atoms with van der Waals surface area (Å²) in [5.41, 5.74) is -0.0171. The monoisotopic (exact) mass is 562 g/mol. The molecule has 9 heteroatoms. The minimum absolute atomic E-state index is 0.00456. The third kappa shape index (κ3) is 11.6. The number of unbranched alkanes of at least 4 members (excludes halogenated alkanes) is 10. The zero-order valence-electron chi connectivity index (χ0n) is 23.5. The molecule has 0 spiro atoms. The first kappa shape index (κ1) is 33.9. The summed E-state index contributed by atoms with van der Waals surface area (Å²) >= 11 is 0. The third-order valence-corrected chi connectivity index (χ3v) is 9.48. The van der Waals surface area contributed by atoms with Crippen LogP contribution >= 0.6 is 0 Å². The summed E-state index contributed by atoms with van der Waals surface area (Å²) in [6, 6.07) is 2.91. The van der Waals surface area contributed by atoms with Crippen molar-refractivity contribution >= 4 is 20.2 Å². The second kappa shape index (κ2) is 15.4. The fourth-order valence-corrected chi connectivity index (χ4v) is 6.77. The van der Waals surface area contributed by atoms with E-state index in [4.69, 9.17) is 0 Å². The highest BCUT2D eigenvalue weighted by Gasteiger charge is 2.34. The van der Waals surface area contributed by atoms with Gasteiger partial charge in [-0.25, -0.2) is 0 Å². The second-order valence-electron chi connectivity index (χ2n) is 11.4. The molecule has 0 bridgehead atoms. The zero-order valence-corrected chi connectivity index (χ0v) is 25.1. The Balaban J connectivity index is 3.42. The molecule has 0 aromatic heterocycles. The number of phenols is 1. The number of benzene rings is 1. The van der Waals surface area contributed by atoms with Crippen molar-refractivity contribution in [3.63, 3.8) is 0 Å². The van der Waals surface area contributed by atoms with Gasteiger partial charge in [0.15, 0.2) is 0 Å². The standard InChI is InChI=1S/C28H50O7S2/c1-6-8-10-12-14-16-18-25(36(30,31)32)22-20-23(27(29)24(21-22)28(3,4)5)26(37(33,34)35)19-17-15-13-11-9-7-2/h20-21,25-26,29H,6-19H2,1-5H3,(H,30,31,32)(H,33,34,35). The average Bonchev–Trinajstić information content (AvgIpc) is 2.76. The summed E-state index contributed by atoms with van der Waals surface area (Å²) in [7, 11) is -9.07. The van der Waals surface area contributed by atoms with Crippen molar-refractivity contribution in [3.8, 4) is 5.75 Å². The van der Waals surface area contributed by atoms with E-state index in [9.17, 15) is 31.0 Å². The topological polar surface area (TPSA) is 129 Å². The highest BCUT2D eigenvalue weighted by Crippen LogP contribution is 2.43. The molecule has 37 heavy (non-hydrogen) atoms. The molecule has 0 saturated carbocycles. The van der Waals surface area contributed by atoms with E-state index in [1.165, 1.54) is 6.07 Å². The highest BCUT2D eigenvalue weighted by molar-refractivity contribution is 7.86. The van der Waals surface area contributed by atoms with E-state index in [0.717, 1.165) is 64.2 Å². The van der Waals surface area contributed by atoms with E-state index < -0.39 is 36.2 Å². The molecular weight excluding hydrogens is 512 g/mol. The fourth-order valence-electron chi connectivity index (χ4n) is 4.86. The van der Waals surface area contributed by atoms with E-state index in [2.05, 4.69) is 13.8 Å². The van der Waals surface area contributed by atoms with Crippen molar-refractivity contribution in [2.45, 2.75) is 140 Å². The Morgan fingerprint density at radius 1 is 0.676 bits per heavy atom. The molecule has 0 aliphatic rings. The lowest BCUT2D eigenvalue weighted by molar-refractivity contribution is 0.424. The summed E-state index contributed by atoms with van der Waals surface area (Å²) in [6.45, 7) is 9.74. The first-order valence-corrected chi connectivity index (χ1v) is 16.9. The van der Waals surface area contributed by atoms with Crippen LogP contribution in [0.1, 0.15) is 152 Å². The molecule has 0 amide bonds. The van der Waals surface area contributed by atoms with Gasteiger partial charge in [-0.15, -0.1) is 0 Å². The van der Waals surface area contributed by atoms with Gasteiger partial charge in [0.1, 0.15) is 16.2 Å². The molecule has 0 heterocycles. The van der Waals surface area contributed by atoms with E-state index in [1.54, 1.807) is 6.07 Å². The Labute approximate surface area is 226 Å². The molecule has 1 rings (SSSR count). The maximum absolute atomic E-state index is 12.5. The van der Waals surface area contributed by atoms with Gasteiger partial charge < -0.3 is 5.11 Å². The molecule has 0 aliphatic heterocycles. The van der Waals surface area contributed by atoms with Gasteiger partial charge in [-0.2, -0.15) is 16.8 Å². The van der Waals surface area contributed by atoms with E-state index in [1.807, 2.05) is 20.8 Å². The van der Waals surface area contributed by atoms with Crippen molar-refractivity contribution in [1.29, 1.82) is 0 Å². The van der Waals surface area contributed by atoms with Gasteiger partial charge in [0.05, 0.1) is 0 Å². The number of aromatic hydroxyl groups is 1. The van der Waals surface area contributed by atoms with E-state index in [-0.39, 0.29) is 29.7 Å². The van der Waals surface area contributed by atoms with Crippen molar-refractivity contribution in [2.75, 3.05) is 0 Å². The van der Waals surface area contributed by atoms with Crippen LogP contribution in [-0.2, 0) is 25.7 Å². The van der Waals surface area contributed by atoms with Crippen molar-refractivity contribution in [2.24, 2.45) is 0 Å². The number of rotatable bonds is 18. The van der Waals surface area contributed by atoms with Crippen LogP contribution in [0.3, 0.4) is 0 Å². The van der Waals surface area contributed by atoms with Crippen LogP contribution in [-0.4, -0.2) is 31.0 Å². The van der Waals surface area contributed by atoms with Crippen LogP contribution in [0.25, 0.3) is 0 Å². The number of hydrogen-bond donors (Lipinski definition) is 3. The predicted molar refractivity (Wildman–Crippen MR) is 151 cm³/mol. The normalized spacial score (nSPS) is 14.6. The van der Waals surface area contributed by atoms with Crippen LogP contribution in [0, 0.1) is 0 Å². The second-order valence-corrected chi connectivity index (χ2v) is 14.6. The Hall–Kier alpha value is -1.16. The largest absolute Gasteiger partial charge is 0.507 e. The Bertz CT molecular complexity index is 1030. The Morgan fingerprint density at radius 2 is 1.08 bits per heavy atom. The minimum atomic E-state index is -4.58. The Morgan fingerprint density at radius 3 is 1.49 bits per heavy atom. The first-order valence-electron chi connectivity index (χ1n) is 13.9. The molecule has 3 N–H and O–H groups in total. The van der Waals surface area contributed by atoms with Crippen LogP contribution in [0.2, 0.25) is 0 Å². The molecule has 0 fully saturated rings. The van der Waals surface area contributed by atoms with Gasteiger partial charge in [-0.3, -0.25) is 9.11 Å². The predicted octanol–water partition coefficient (Wildman–Crippen LogP) is 8.05. The number of hydrogen-bond acceptors (Lipinski definition) is 5. The zero-order chi connectivity index (χ0) is 28.3. The maximum Gasteiger partial charge on any atom is 0.272 e. The third-order valence-electron chi connectivity index (χ3n) is 7.05. The van der Waals surface area contributed by atoms with Gasteiger partial charge in [-0.05, 0) is 35.4 Å². The molecule has 7 nitrogen and oxygen atoms in total. The Kier molecular flexibility index (Phi) is 14.1. The molecule has 0 radical (unpaired) electrons. The van der Waals surface area contributed by atoms with Gasteiger partial charge in [0.25, 0.3) is 20.2 Å². The smallest absolute Gasteiger partial charge is 0.272 e. The van der Waals surface area contributed by atoms with Gasteiger partial charge in [0.2, 0.25) is 0 Å². The summed E-state index contributed by atoms with van der Waals surface area (Å²) in [4.78, 5) is 0. The van der Waals surface area contributed by atoms with Crippen LogP contribution in [0.4, 0.5) is 0 Å². The summed E-state index contributed by atoms with van der Waals surface area (Å²) in [5, 5.41) is 8.53. The summed E-state index contributed by atoms with van der Waals surface area (Å²) < 4.78 is 70.0. The van der Waals surface area contributed by atoms with Crippen molar-refractivity contribution < 1.29 is 31.0 Å². The SMILES string of the molecule is CCCCCCCCC(c1cc(C(CCCCCCCC)S(=O)(=O)O)c(O)c(C(C)(C)C)c1)S(=O)(=O)O. The fraction of sp³-hybridized carbons (Fsp3) is 0.786. The van der Waals surface area contributed by atoms with E-state index in [0.29, 0.717) is 18.4 Å². The lowest BCUT2D eigenvalue weighted by atomic mass is 9.82. The molecule has 1 aromatic carbocycles. The molecule has 2 atom stereocenters. The molecule has 0 saturated heterocycles. The van der Waals surface area contributed by atoms with Gasteiger partial charge in [0, 0.05) is 5.56 Å². The molecule has 216 valence electrons. The maximum atomic E-state index is 12.5. The average molecular weight is 563 g/mol. The lowest BCUT2D eigenvalue weighted by Gasteiger charge is -2.27. The molecular formula is C28H50O7S2. The molecule has 0 aliphatic carbocycles. The van der Waals surface area contributed by atoms with E-state index >= 15 is 0 Å². The van der Waals surface area contributed by atoms with Gasteiger partial charge >= 0.3 is 0 Å². The lowest BCUT2D eigenvalue weighted by Crippen LogP contribution is -2.19. The molecule has 2 unspecified atom stereocenters. The first-order chi connectivity index (χ1) is 17.1. The minimum Gasteiger partial charge on any atom is -0.507 e. The van der Waals surface area contributed by atoms with Crippen LogP contribution < -0.4 is 0 Å². The van der Waals surface area contributed by atoms with Gasteiger partial charge in [-0.1, -0.05) is 118 Å². The van der Waals surface area contributed by atoms with Crippen LogP contribution in [0.15, 0.2) is 12.1 Å². The quantitative estimate of drug-likeness (QED) is 0.122. The summed E-state index contributed by atoms with van der Waals surface area (Å²) in [5.74, 6) is -0.251. The highest BCUT2D eigenvalue weighted by atomic mass is 32.2. The summed E-state index contributed by atoms with van der Waals surface area (Å²) in [6.07, 6.45) is 11.5. The number of phenolic OH excluding ortho intramolecular Hbond substituents is 1. The molecule has 1 aromatic rings. The van der Waals surface area contributed by atoms with Crippen molar-refractivity contribution in [3.05, 3.63) is 28.8 Å².